The number of hydrogen-bond acceptors (Lipinski definition) is 7. The number of aliphatic hydroxyl groups is 1. The van der Waals surface area contributed by atoms with Gasteiger partial charge in [0.15, 0.2) is 5.60 Å². The largest absolute Gasteiger partial charge is 0.481 e. The van der Waals surface area contributed by atoms with Crippen molar-refractivity contribution in [1.29, 1.82) is 0 Å². The normalized spacial score (nSPS) is 17.5. The van der Waals surface area contributed by atoms with Crippen LogP contribution in [0.25, 0.3) is 0 Å². The van der Waals surface area contributed by atoms with Gasteiger partial charge in [0.2, 0.25) is 0 Å². The Morgan fingerprint density at radius 1 is 1.24 bits per heavy atom. The van der Waals surface area contributed by atoms with Crippen molar-refractivity contribution in [1.82, 2.24) is 0 Å². The van der Waals surface area contributed by atoms with Crippen molar-refractivity contribution in [3.8, 4) is 0 Å². The molecule has 9 nitrogen and oxygen atoms in total. The first-order valence-electron chi connectivity index (χ1n) is 3.83. The maximum absolute atomic E-state index is 10.9. The monoisotopic (exact) mass is 288 g/mol. The van der Waals surface area contributed by atoms with E-state index in [-0.39, 0.29) is 0 Å². The minimum atomic E-state index is -4.32. The summed E-state index contributed by atoms with van der Waals surface area (Å²) in [5.74, 6) is -5.25. The molecule has 0 fully saturated rings. The highest BCUT2D eigenvalue weighted by molar-refractivity contribution is 8.27. The van der Waals surface area contributed by atoms with E-state index in [1.54, 1.807) is 0 Å². The Morgan fingerprint density at radius 3 is 2.00 bits per heavy atom. The van der Waals surface area contributed by atoms with Gasteiger partial charge in [0.1, 0.15) is 0 Å². The molecule has 2 atom stereocenters. The van der Waals surface area contributed by atoms with Crippen molar-refractivity contribution >= 4 is 38.1 Å². The summed E-state index contributed by atoms with van der Waals surface area (Å²) in [5, 5.41) is 26.2. The molecule has 0 aliphatic carbocycles. The highest BCUT2D eigenvalue weighted by atomic mass is 32.9. The molecule has 0 radical (unpaired) electrons. The molecule has 0 saturated carbocycles. The van der Waals surface area contributed by atoms with Crippen LogP contribution in [0.4, 0.5) is 0 Å². The van der Waals surface area contributed by atoms with Crippen LogP contribution in [0.1, 0.15) is 12.8 Å². The quantitative estimate of drug-likeness (QED) is 0.445. The number of aliphatic carboxylic acids is 2. The van der Waals surface area contributed by atoms with E-state index < -0.39 is 45.4 Å². The van der Waals surface area contributed by atoms with E-state index in [0.717, 1.165) is 0 Å². The molecule has 0 aliphatic heterocycles. The van der Waals surface area contributed by atoms with E-state index in [4.69, 9.17) is 14.8 Å². The van der Waals surface area contributed by atoms with E-state index in [2.05, 4.69) is 15.4 Å². The van der Waals surface area contributed by atoms with Gasteiger partial charge in [-0.05, 0) is 0 Å². The summed E-state index contributed by atoms with van der Waals surface area (Å²) in [7, 11) is -4.32. The minimum absolute atomic E-state index is 1.28. The fourth-order valence-corrected chi connectivity index (χ4v) is 1.37. The first-order valence-corrected chi connectivity index (χ1v) is 6.20. The van der Waals surface area contributed by atoms with E-state index in [1.807, 2.05) is 0 Å². The molecular weight excluding hydrogens is 280 g/mol. The number of hydrogen-bond donors (Lipinski definition) is 4. The van der Waals surface area contributed by atoms with Gasteiger partial charge in [-0.25, -0.2) is 4.79 Å². The van der Waals surface area contributed by atoms with Crippen LogP contribution in [0.2, 0.25) is 0 Å². The highest BCUT2D eigenvalue weighted by Gasteiger charge is 2.42. The molecule has 11 heteroatoms. The molecule has 0 rings (SSSR count). The standard InChI is InChI=1S/C6H8O9S2/c7-3(8)1-6(12,5(10)11)2-4(9)15-17(13,14)16/h12H,1-2H2,(H,7,8)(H,10,11)(H,13,14,16). The molecule has 0 aliphatic rings. The number of carboxylic acids is 2. The predicted molar refractivity (Wildman–Crippen MR) is 53.7 cm³/mol. The lowest BCUT2D eigenvalue weighted by Gasteiger charge is -2.19. The lowest BCUT2D eigenvalue weighted by atomic mass is 9.96. The third-order valence-corrected chi connectivity index (χ3v) is 2.08. The van der Waals surface area contributed by atoms with Crippen molar-refractivity contribution in [3.63, 3.8) is 0 Å². The van der Waals surface area contributed by atoms with Crippen molar-refractivity contribution in [2.45, 2.75) is 18.4 Å². The summed E-state index contributed by atoms with van der Waals surface area (Å²) in [6, 6.07) is 0. The predicted octanol–water partition coefficient (Wildman–Crippen LogP) is -1.66. The SMILES string of the molecule is O=C(O)CC(O)(CC(=O)OS(=O)(O)=S)C(=O)O. The fraction of sp³-hybridized carbons (Fsp3) is 0.500. The van der Waals surface area contributed by atoms with Crippen molar-refractivity contribution in [3.05, 3.63) is 0 Å². The minimum Gasteiger partial charge on any atom is -0.481 e. The Balaban J connectivity index is 4.84. The Kier molecular flexibility index (Phi) is 4.94. The molecule has 0 amide bonds. The summed E-state index contributed by atoms with van der Waals surface area (Å²) in [6.45, 7) is 0. The number of carbonyl (C=O) groups excluding carboxylic acids is 1. The molecule has 4 N–H and O–H groups in total. The van der Waals surface area contributed by atoms with Gasteiger partial charge in [-0.2, -0.15) is 4.21 Å². The average molecular weight is 288 g/mol. The van der Waals surface area contributed by atoms with Crippen LogP contribution in [0.5, 0.6) is 0 Å². The van der Waals surface area contributed by atoms with Gasteiger partial charge in [0.25, 0.3) is 0 Å². The number of rotatable bonds is 6. The first-order chi connectivity index (χ1) is 7.46. The fourth-order valence-electron chi connectivity index (χ4n) is 0.850. The molecule has 0 aromatic carbocycles. The maximum Gasteiger partial charge on any atom is 0.336 e. The van der Waals surface area contributed by atoms with Gasteiger partial charge in [0, 0.05) is 0 Å². The molecule has 0 aromatic rings. The Bertz CT molecular complexity index is 438. The Labute approximate surface area is 99.7 Å². The summed E-state index contributed by atoms with van der Waals surface area (Å²) in [5.41, 5.74) is -2.93. The van der Waals surface area contributed by atoms with Crippen LogP contribution < -0.4 is 0 Å². The zero-order valence-corrected chi connectivity index (χ0v) is 9.69. The molecule has 98 valence electrons. The smallest absolute Gasteiger partial charge is 0.336 e. The summed E-state index contributed by atoms with van der Waals surface area (Å²) < 4.78 is 22.6. The average Bonchev–Trinajstić information content (AvgIpc) is 1.96. The van der Waals surface area contributed by atoms with Crippen molar-refractivity contribution in [2.75, 3.05) is 0 Å². The molecule has 0 spiro atoms. The van der Waals surface area contributed by atoms with Gasteiger partial charge in [0.05, 0.1) is 24.0 Å². The number of carboxylic acid groups (broad SMARTS) is 2. The molecule has 2 unspecified atom stereocenters. The second-order valence-corrected chi connectivity index (χ2v) is 5.25. The van der Waals surface area contributed by atoms with E-state index in [0.29, 0.717) is 0 Å². The lowest BCUT2D eigenvalue weighted by molar-refractivity contribution is -0.169. The molecule has 0 heterocycles. The van der Waals surface area contributed by atoms with E-state index >= 15 is 0 Å². The third-order valence-electron chi connectivity index (χ3n) is 1.48. The molecule has 17 heavy (non-hydrogen) atoms. The highest BCUT2D eigenvalue weighted by Crippen LogP contribution is 2.17. The second-order valence-electron chi connectivity index (χ2n) is 2.97. The van der Waals surface area contributed by atoms with Crippen LogP contribution in [-0.4, -0.2) is 47.6 Å². The topological polar surface area (TPSA) is 158 Å². The third kappa shape index (κ3) is 6.11. The first kappa shape index (κ1) is 15.7. The summed E-state index contributed by atoms with van der Waals surface area (Å²) in [4.78, 5) is 31.8. The Morgan fingerprint density at radius 2 is 1.71 bits per heavy atom. The van der Waals surface area contributed by atoms with Gasteiger partial charge in [-0.1, -0.05) is 0 Å². The Hall–Kier alpha value is -1.30. The maximum atomic E-state index is 10.9. The lowest BCUT2D eigenvalue weighted by Crippen LogP contribution is -2.43. The van der Waals surface area contributed by atoms with Gasteiger partial charge in [-0.3, -0.25) is 14.1 Å². The second kappa shape index (κ2) is 5.35. The zero-order valence-electron chi connectivity index (χ0n) is 8.06. The zero-order chi connectivity index (χ0) is 13.9. The van der Waals surface area contributed by atoms with Crippen LogP contribution in [-0.2, 0) is 38.8 Å². The summed E-state index contributed by atoms with van der Waals surface area (Å²) >= 11 is 3.80. The van der Waals surface area contributed by atoms with E-state index in [1.165, 1.54) is 0 Å². The number of carbonyl (C=O) groups is 3. The van der Waals surface area contributed by atoms with Crippen molar-refractivity contribution < 1.29 is 42.6 Å². The van der Waals surface area contributed by atoms with Crippen LogP contribution in [0.15, 0.2) is 0 Å². The van der Waals surface area contributed by atoms with E-state index in [9.17, 15) is 23.7 Å². The van der Waals surface area contributed by atoms with Gasteiger partial charge < -0.3 is 19.5 Å². The van der Waals surface area contributed by atoms with Gasteiger partial charge in [-0.15, -0.1) is 0 Å². The molecule has 0 aromatic heterocycles. The molecular formula is C6H8O9S2. The van der Waals surface area contributed by atoms with Crippen LogP contribution >= 0.6 is 0 Å². The van der Waals surface area contributed by atoms with Gasteiger partial charge >= 0.3 is 27.0 Å². The van der Waals surface area contributed by atoms with Crippen molar-refractivity contribution in [2.24, 2.45) is 0 Å². The molecule has 0 saturated heterocycles. The van der Waals surface area contributed by atoms with Crippen LogP contribution in [0, 0.1) is 0 Å². The molecule has 0 bridgehead atoms. The van der Waals surface area contributed by atoms with Crippen LogP contribution in [0.3, 0.4) is 0 Å². The summed E-state index contributed by atoms with van der Waals surface area (Å²) in [6.07, 6.45) is -2.59.